The molecule has 0 saturated carbocycles. The molecule has 0 aliphatic rings. The van der Waals surface area contributed by atoms with Gasteiger partial charge in [-0.2, -0.15) is 5.10 Å². The molecule has 0 unspecified atom stereocenters. The van der Waals surface area contributed by atoms with Gasteiger partial charge < -0.3 is 5.73 Å². The highest BCUT2D eigenvalue weighted by Crippen LogP contribution is 2.00. The Kier molecular flexibility index (Phi) is 3.23. The standard InChI is InChI=1S/C10H13N3O/c1-8-3-5-9(6-4-8)7-12-13(2)10(11)14/h3-7H,1-2H3,(H2,11,14)/b12-7-. The van der Waals surface area contributed by atoms with Gasteiger partial charge in [0.15, 0.2) is 0 Å². The summed E-state index contributed by atoms with van der Waals surface area (Å²) in [6, 6.07) is 7.23. The number of carbonyl (C=O) groups is 1. The minimum absolute atomic E-state index is 0.576. The Balaban J connectivity index is 2.69. The Morgan fingerprint density at radius 1 is 1.43 bits per heavy atom. The first-order valence-electron chi connectivity index (χ1n) is 4.23. The number of nitrogens with two attached hydrogens (primary N) is 1. The van der Waals surface area contributed by atoms with Crippen molar-refractivity contribution in [2.24, 2.45) is 10.8 Å². The molecule has 2 amide bonds. The van der Waals surface area contributed by atoms with Crippen LogP contribution in [0, 0.1) is 6.92 Å². The average Bonchev–Trinajstić information content (AvgIpc) is 2.16. The van der Waals surface area contributed by atoms with Crippen LogP contribution in [0.1, 0.15) is 11.1 Å². The number of primary amides is 1. The monoisotopic (exact) mass is 191 g/mol. The summed E-state index contributed by atoms with van der Waals surface area (Å²) in [5.74, 6) is 0. The van der Waals surface area contributed by atoms with Crippen LogP contribution in [0.25, 0.3) is 0 Å². The number of benzene rings is 1. The van der Waals surface area contributed by atoms with Gasteiger partial charge in [0.05, 0.1) is 6.21 Å². The van der Waals surface area contributed by atoms with Crippen LogP contribution in [0.3, 0.4) is 0 Å². The number of aryl methyl sites for hydroxylation is 1. The maximum absolute atomic E-state index is 10.6. The quantitative estimate of drug-likeness (QED) is 0.556. The molecule has 2 N–H and O–H groups in total. The van der Waals surface area contributed by atoms with E-state index in [2.05, 4.69) is 5.10 Å². The summed E-state index contributed by atoms with van der Waals surface area (Å²) >= 11 is 0. The highest BCUT2D eigenvalue weighted by Gasteiger charge is 1.97. The highest BCUT2D eigenvalue weighted by atomic mass is 16.2. The zero-order chi connectivity index (χ0) is 10.6. The second kappa shape index (κ2) is 4.41. The van der Waals surface area contributed by atoms with E-state index in [1.807, 2.05) is 31.2 Å². The van der Waals surface area contributed by atoms with E-state index in [4.69, 9.17) is 5.73 Å². The predicted molar refractivity (Wildman–Crippen MR) is 56.1 cm³/mol. The van der Waals surface area contributed by atoms with Gasteiger partial charge in [-0.15, -0.1) is 0 Å². The fourth-order valence-corrected chi connectivity index (χ4v) is 0.863. The van der Waals surface area contributed by atoms with Gasteiger partial charge in [0, 0.05) is 7.05 Å². The van der Waals surface area contributed by atoms with Crippen molar-refractivity contribution >= 4 is 12.2 Å². The van der Waals surface area contributed by atoms with Crippen LogP contribution < -0.4 is 5.73 Å². The number of rotatable bonds is 2. The van der Waals surface area contributed by atoms with Crippen LogP contribution in [-0.4, -0.2) is 24.3 Å². The van der Waals surface area contributed by atoms with Crippen LogP contribution in [0.2, 0.25) is 0 Å². The first-order chi connectivity index (χ1) is 6.59. The molecular weight excluding hydrogens is 178 g/mol. The van der Waals surface area contributed by atoms with Crippen molar-refractivity contribution in [2.45, 2.75) is 6.92 Å². The summed E-state index contributed by atoms with van der Waals surface area (Å²) in [5, 5.41) is 4.94. The largest absolute Gasteiger partial charge is 0.350 e. The van der Waals surface area contributed by atoms with Gasteiger partial charge >= 0.3 is 6.03 Å². The van der Waals surface area contributed by atoms with E-state index in [9.17, 15) is 4.79 Å². The van der Waals surface area contributed by atoms with Crippen LogP contribution in [0.15, 0.2) is 29.4 Å². The van der Waals surface area contributed by atoms with Crippen molar-refractivity contribution in [1.82, 2.24) is 5.01 Å². The molecule has 1 rings (SSSR count). The van der Waals surface area contributed by atoms with E-state index >= 15 is 0 Å². The third-order valence-electron chi connectivity index (χ3n) is 1.78. The molecule has 0 bridgehead atoms. The summed E-state index contributed by atoms with van der Waals surface area (Å²) in [5.41, 5.74) is 7.12. The maximum Gasteiger partial charge on any atom is 0.334 e. The molecule has 0 atom stereocenters. The molecular formula is C10H13N3O. The minimum atomic E-state index is -0.576. The van der Waals surface area contributed by atoms with E-state index in [1.165, 1.54) is 12.6 Å². The van der Waals surface area contributed by atoms with E-state index in [-0.39, 0.29) is 0 Å². The molecule has 0 radical (unpaired) electrons. The molecule has 4 heteroatoms. The van der Waals surface area contributed by atoms with Gasteiger partial charge in [0.2, 0.25) is 0 Å². The van der Waals surface area contributed by atoms with Crippen LogP contribution >= 0.6 is 0 Å². The highest BCUT2D eigenvalue weighted by molar-refractivity contribution is 5.81. The van der Waals surface area contributed by atoms with Gasteiger partial charge in [0.1, 0.15) is 0 Å². The van der Waals surface area contributed by atoms with E-state index < -0.39 is 6.03 Å². The molecule has 0 aliphatic heterocycles. The summed E-state index contributed by atoms with van der Waals surface area (Å²) in [6.07, 6.45) is 1.59. The molecule has 1 aromatic rings. The smallest absolute Gasteiger partial charge is 0.334 e. The fourth-order valence-electron chi connectivity index (χ4n) is 0.863. The first-order valence-corrected chi connectivity index (χ1v) is 4.23. The van der Waals surface area contributed by atoms with Gasteiger partial charge in [0.25, 0.3) is 0 Å². The molecule has 0 fully saturated rings. The van der Waals surface area contributed by atoms with E-state index in [1.54, 1.807) is 6.21 Å². The molecule has 0 aliphatic carbocycles. The molecule has 4 nitrogen and oxygen atoms in total. The Morgan fingerprint density at radius 3 is 2.50 bits per heavy atom. The second-order valence-corrected chi connectivity index (χ2v) is 3.02. The number of hydrazone groups is 1. The topological polar surface area (TPSA) is 58.7 Å². The maximum atomic E-state index is 10.6. The van der Waals surface area contributed by atoms with Crippen molar-refractivity contribution in [1.29, 1.82) is 0 Å². The Bertz CT molecular complexity index is 343. The molecule has 1 aromatic carbocycles. The number of urea groups is 1. The van der Waals surface area contributed by atoms with Crippen molar-refractivity contribution in [3.05, 3.63) is 35.4 Å². The van der Waals surface area contributed by atoms with Crippen LogP contribution in [0.4, 0.5) is 4.79 Å². The molecule has 0 heterocycles. The lowest BCUT2D eigenvalue weighted by Gasteiger charge is -2.05. The van der Waals surface area contributed by atoms with Gasteiger partial charge in [-0.1, -0.05) is 29.8 Å². The molecule has 74 valence electrons. The molecule has 14 heavy (non-hydrogen) atoms. The summed E-state index contributed by atoms with van der Waals surface area (Å²) in [7, 11) is 1.51. The lowest BCUT2D eigenvalue weighted by atomic mass is 10.2. The number of hydrogen-bond acceptors (Lipinski definition) is 2. The summed E-state index contributed by atoms with van der Waals surface area (Å²) < 4.78 is 0. The zero-order valence-corrected chi connectivity index (χ0v) is 8.27. The van der Waals surface area contributed by atoms with Gasteiger partial charge in [-0.3, -0.25) is 0 Å². The lowest BCUT2D eigenvalue weighted by Crippen LogP contribution is -2.27. The normalized spacial score (nSPS) is 10.4. The van der Waals surface area contributed by atoms with Crippen LogP contribution in [-0.2, 0) is 0 Å². The third-order valence-corrected chi connectivity index (χ3v) is 1.78. The number of hydrogen-bond donors (Lipinski definition) is 1. The van der Waals surface area contributed by atoms with Crippen molar-refractivity contribution in [3.8, 4) is 0 Å². The van der Waals surface area contributed by atoms with Crippen molar-refractivity contribution in [2.75, 3.05) is 7.05 Å². The first kappa shape index (κ1) is 10.2. The van der Waals surface area contributed by atoms with Gasteiger partial charge in [-0.25, -0.2) is 9.80 Å². The minimum Gasteiger partial charge on any atom is -0.350 e. The Hall–Kier alpha value is -1.84. The Labute approximate surface area is 83.0 Å². The summed E-state index contributed by atoms with van der Waals surface area (Å²) in [6.45, 7) is 2.01. The number of nitrogens with zero attached hydrogens (tertiary/aromatic N) is 2. The zero-order valence-electron chi connectivity index (χ0n) is 8.27. The molecule has 0 aromatic heterocycles. The second-order valence-electron chi connectivity index (χ2n) is 3.02. The SMILES string of the molecule is Cc1ccc(/C=N\N(C)C(N)=O)cc1. The number of amides is 2. The van der Waals surface area contributed by atoms with Crippen molar-refractivity contribution < 1.29 is 4.79 Å². The van der Waals surface area contributed by atoms with Crippen LogP contribution in [0.5, 0.6) is 0 Å². The lowest BCUT2D eigenvalue weighted by molar-refractivity contribution is 0.220. The fraction of sp³-hybridized carbons (Fsp3) is 0.200. The van der Waals surface area contributed by atoms with E-state index in [0.29, 0.717) is 0 Å². The Morgan fingerprint density at radius 2 is 2.00 bits per heavy atom. The molecule has 0 saturated heterocycles. The summed E-state index contributed by atoms with van der Waals surface area (Å²) in [4.78, 5) is 10.6. The van der Waals surface area contributed by atoms with E-state index in [0.717, 1.165) is 10.6 Å². The van der Waals surface area contributed by atoms with Gasteiger partial charge in [-0.05, 0) is 12.5 Å². The average molecular weight is 191 g/mol. The number of carbonyl (C=O) groups excluding carboxylic acids is 1. The third kappa shape index (κ3) is 2.90. The predicted octanol–water partition coefficient (Wildman–Crippen LogP) is 1.34. The molecule has 0 spiro atoms. The van der Waals surface area contributed by atoms with Crippen molar-refractivity contribution in [3.63, 3.8) is 0 Å².